The van der Waals surface area contributed by atoms with Crippen molar-refractivity contribution in [1.82, 2.24) is 61.5 Å². The number of thiazole rings is 6. The van der Waals surface area contributed by atoms with Crippen LogP contribution >= 0.6 is 68.0 Å². The van der Waals surface area contributed by atoms with Crippen LogP contribution in [-0.2, 0) is 54.3 Å². The standard InChI is InChI=1S/C67H75N13O15S6/c1-33(2)50-64-79-53(45(101-64)28-91-5)57(86)69-27-48(82)76-54(55(84)35-14-10-9-11-15-35)63-74-44(31-98-63)61-72-42(29-97-61)52-39(59-73-43(30-96-59)56(85)71-41(26-47(81)68-4)62-78-51(34(3)100-62)58(87)77-50)22-23-40(70-52)60-75-46(32-99-60)80(67(90)95-38-20-17-37(18-21-38)66(89)94-8)25-13-12-16-36(65(88)93-7)19-24-49(83)92-6/h9-11,14-15,22-23,29-33,36-38,41,50,54-55,84H,12-13,16-21,24-28H2,1-8H3,(H,68,81)(H,69,86)(H,71,85)(H,76,82)(H,77,87)/t36?,37?,38?,41-,50-,54-,55-/m0/s1. The molecule has 2 aliphatic rings. The third-order valence-electron chi connectivity index (χ3n) is 16.9. The number of pyridine rings is 1. The molecule has 1 aliphatic heterocycles. The summed E-state index contributed by atoms with van der Waals surface area (Å²) in [7, 11) is 6.83. The summed E-state index contributed by atoms with van der Waals surface area (Å²) in [4.78, 5) is 159. The molecule has 10 bridgehead atoms. The Balaban J connectivity index is 1.02. The Morgan fingerprint density at radius 1 is 0.663 bits per heavy atom. The number of aromatic nitrogens is 7. The fourth-order valence-electron chi connectivity index (χ4n) is 11.4. The predicted octanol–water partition coefficient (Wildman–Crippen LogP) is 9.90. The van der Waals surface area contributed by atoms with Crippen molar-refractivity contribution < 1.29 is 71.9 Å². The van der Waals surface area contributed by atoms with Crippen molar-refractivity contribution in [2.75, 3.05) is 53.5 Å². The van der Waals surface area contributed by atoms with E-state index in [9.17, 15) is 48.3 Å². The Kier molecular flexibility index (Phi) is 25.7. The molecule has 6 amide bonds. The van der Waals surface area contributed by atoms with Crippen LogP contribution < -0.4 is 31.5 Å². The first kappa shape index (κ1) is 74.8. The van der Waals surface area contributed by atoms with Gasteiger partial charge in [-0.3, -0.25) is 43.3 Å². The number of nitrogens with one attached hydrogen (secondary N) is 5. The molecule has 1 aliphatic carbocycles. The quantitative estimate of drug-likeness (QED) is 0.0235. The van der Waals surface area contributed by atoms with Crippen LogP contribution in [0.15, 0.2) is 64.0 Å². The number of benzene rings is 1. The predicted molar refractivity (Wildman–Crippen MR) is 379 cm³/mol. The first-order valence-corrected chi connectivity index (χ1v) is 37.5. The lowest BCUT2D eigenvalue weighted by molar-refractivity contribution is -0.148. The summed E-state index contributed by atoms with van der Waals surface area (Å²) in [6.07, 6.45) is 0.536. The van der Waals surface area contributed by atoms with E-state index >= 15 is 0 Å². The van der Waals surface area contributed by atoms with Gasteiger partial charge >= 0.3 is 24.0 Å². The molecule has 10 rings (SSSR count). The van der Waals surface area contributed by atoms with Crippen molar-refractivity contribution in [3.05, 3.63) is 111 Å². The number of nitrogens with zero attached hydrogens (tertiary/aromatic N) is 8. The van der Waals surface area contributed by atoms with Crippen LogP contribution in [0.4, 0.5) is 10.6 Å². The van der Waals surface area contributed by atoms with Gasteiger partial charge in [0.25, 0.3) is 17.7 Å². The highest BCUT2D eigenvalue weighted by molar-refractivity contribution is 7.15. The molecule has 5 atom stereocenters. The van der Waals surface area contributed by atoms with Crippen molar-refractivity contribution in [3.8, 4) is 43.4 Å². The molecule has 1 saturated carbocycles. The van der Waals surface area contributed by atoms with Gasteiger partial charge in [0.05, 0.1) is 75.4 Å². The van der Waals surface area contributed by atoms with Gasteiger partial charge in [-0.05, 0) is 75.5 Å². The summed E-state index contributed by atoms with van der Waals surface area (Å²) < 4.78 is 26.4. The number of carbonyl (C=O) groups excluding carboxylic acids is 9. The van der Waals surface area contributed by atoms with Gasteiger partial charge in [0.2, 0.25) is 11.8 Å². The van der Waals surface area contributed by atoms with Crippen LogP contribution in [0.2, 0.25) is 0 Å². The zero-order valence-electron chi connectivity index (χ0n) is 56.4. The maximum Gasteiger partial charge on any atom is 0.415 e. The molecule has 101 heavy (non-hydrogen) atoms. The number of aliphatic hydroxyl groups is 1. The smallest absolute Gasteiger partial charge is 0.415 e. The number of anilines is 1. The molecule has 534 valence electrons. The van der Waals surface area contributed by atoms with Crippen molar-refractivity contribution in [2.45, 2.75) is 122 Å². The number of hydrogen-bond donors (Lipinski definition) is 6. The van der Waals surface area contributed by atoms with E-state index in [4.69, 9.17) is 58.6 Å². The first-order chi connectivity index (χ1) is 48.7. The third-order valence-corrected chi connectivity index (χ3v) is 22.6. The molecule has 1 unspecified atom stereocenters. The molecule has 6 N–H and O–H groups in total. The van der Waals surface area contributed by atoms with Gasteiger partial charge < -0.3 is 55.4 Å². The number of carbonyl (C=O) groups is 9. The Morgan fingerprint density at radius 3 is 2.10 bits per heavy atom. The van der Waals surface area contributed by atoms with Crippen molar-refractivity contribution in [3.63, 3.8) is 0 Å². The van der Waals surface area contributed by atoms with E-state index in [0.29, 0.717) is 114 Å². The highest BCUT2D eigenvalue weighted by atomic mass is 32.1. The van der Waals surface area contributed by atoms with E-state index in [1.165, 1.54) is 74.4 Å². The number of ether oxygens (including phenoxy) is 5. The van der Waals surface area contributed by atoms with E-state index in [-0.39, 0.29) is 78.1 Å². The Labute approximate surface area is 604 Å². The summed E-state index contributed by atoms with van der Waals surface area (Å²) in [6.45, 7) is 5.01. The van der Waals surface area contributed by atoms with Crippen molar-refractivity contribution in [2.24, 2.45) is 17.8 Å². The lowest BCUT2D eigenvalue weighted by atomic mass is 9.87. The molecule has 28 nitrogen and oxygen atoms in total. The average molecular weight is 1490 g/mol. The minimum atomic E-state index is -1.32. The van der Waals surface area contributed by atoms with Gasteiger partial charge in [0.15, 0.2) is 0 Å². The largest absolute Gasteiger partial charge is 0.469 e. The minimum absolute atomic E-state index is 0.00961. The summed E-state index contributed by atoms with van der Waals surface area (Å²) >= 11 is 7.05. The van der Waals surface area contributed by atoms with Crippen LogP contribution in [0.5, 0.6) is 0 Å². The second-order valence-corrected chi connectivity index (χ2v) is 29.8. The van der Waals surface area contributed by atoms with Crippen LogP contribution in [-0.4, -0.2) is 148 Å². The highest BCUT2D eigenvalue weighted by Crippen LogP contribution is 2.41. The fraction of sp³-hybridized carbons (Fsp3) is 0.433. The zero-order valence-corrected chi connectivity index (χ0v) is 61.3. The molecule has 0 saturated heterocycles. The number of methoxy groups -OCH3 is 4. The number of unbranched alkanes of at least 4 members (excludes halogenated alkanes) is 1. The van der Waals surface area contributed by atoms with Crippen LogP contribution in [0, 0.1) is 24.7 Å². The minimum Gasteiger partial charge on any atom is -0.469 e. The van der Waals surface area contributed by atoms with Crippen LogP contribution in [0.25, 0.3) is 43.4 Å². The van der Waals surface area contributed by atoms with E-state index in [0.717, 1.165) is 34.0 Å². The van der Waals surface area contributed by atoms with Crippen LogP contribution in [0.1, 0.15) is 164 Å². The van der Waals surface area contributed by atoms with Gasteiger partial charge in [-0.1, -0.05) is 50.6 Å². The van der Waals surface area contributed by atoms with E-state index in [2.05, 4.69) is 26.6 Å². The van der Waals surface area contributed by atoms with E-state index in [1.54, 1.807) is 70.9 Å². The van der Waals surface area contributed by atoms with Gasteiger partial charge in [0, 0.05) is 59.1 Å². The molecular weight excluding hydrogens is 1420 g/mol. The van der Waals surface area contributed by atoms with Crippen molar-refractivity contribution >= 4 is 127 Å². The summed E-state index contributed by atoms with van der Waals surface area (Å²) in [5.41, 5.74) is 2.37. The average Bonchev–Trinajstić information content (AvgIpc) is 1.69. The first-order valence-electron chi connectivity index (χ1n) is 32.3. The normalized spacial score (nSPS) is 18.0. The number of fused-ring (bicyclic) bond motifs is 14. The van der Waals surface area contributed by atoms with Gasteiger partial charge in [-0.15, -0.1) is 68.0 Å². The molecule has 7 aromatic heterocycles. The SMILES string of the molecule is CNC(=O)C[C@@H]1NC(=O)c2csc(n2)-c2ccc(-c3nc(N(CCCCC(CCC(=O)OC)C(=O)OC)C(=O)OC4CCC(C(=O)OC)CC4)cs3)nc2-c2csc(n2)-c2csc(n2)[C@H]([C@@H](O)c2ccccc2)NC(=O)CNC(=O)c2nc(sc2COC)[C@H](C(C)C)NC(=O)c2nc1sc2C. The molecule has 0 radical (unpaired) electrons. The molecule has 0 spiro atoms. The maximum atomic E-state index is 14.5. The molecule has 8 aromatic rings. The molecule has 34 heteroatoms. The number of esters is 3. The molecule has 8 heterocycles. The second-order valence-electron chi connectivity index (χ2n) is 24.0. The maximum absolute atomic E-state index is 14.5. The Morgan fingerprint density at radius 2 is 1.38 bits per heavy atom. The lowest BCUT2D eigenvalue weighted by Gasteiger charge is -2.29. The number of aryl methyl sites for hydroxylation is 1. The monoisotopic (exact) mass is 1490 g/mol. The van der Waals surface area contributed by atoms with Gasteiger partial charge in [-0.25, -0.2) is 39.7 Å². The molecule has 1 aromatic carbocycles. The van der Waals surface area contributed by atoms with E-state index < -0.39 is 90.4 Å². The number of hydrogen-bond acceptors (Lipinski definition) is 28. The number of rotatable bonds is 20. The Bertz CT molecular complexity index is 4290. The topological polar surface area (TPSA) is 374 Å². The molecular formula is C67H75N13O15S6. The lowest BCUT2D eigenvalue weighted by Crippen LogP contribution is -2.40. The second kappa shape index (κ2) is 34.6. The summed E-state index contributed by atoms with van der Waals surface area (Å²) in [5, 5.41) is 35.1. The Hall–Kier alpha value is -8.90. The van der Waals surface area contributed by atoms with E-state index in [1.807, 2.05) is 13.8 Å². The third kappa shape index (κ3) is 18.4. The zero-order chi connectivity index (χ0) is 72.0. The summed E-state index contributed by atoms with van der Waals surface area (Å²) in [5.74, 6) is -5.16. The number of amides is 6. The summed E-state index contributed by atoms with van der Waals surface area (Å²) in [6, 6.07) is 9.31. The highest BCUT2D eigenvalue weighted by Gasteiger charge is 2.35. The molecule has 1 fully saturated rings. The van der Waals surface area contributed by atoms with Gasteiger partial charge in [0.1, 0.15) is 88.3 Å². The fourth-order valence-corrected chi connectivity index (χ4v) is 16.9. The van der Waals surface area contributed by atoms with Crippen molar-refractivity contribution in [1.29, 1.82) is 0 Å². The van der Waals surface area contributed by atoms with Crippen LogP contribution in [0.3, 0.4) is 0 Å². The van der Waals surface area contributed by atoms with Gasteiger partial charge in [-0.2, -0.15) is 0 Å². The number of aliphatic hydroxyl groups excluding tert-OH is 1.